The van der Waals surface area contributed by atoms with E-state index in [-0.39, 0.29) is 0 Å². The Morgan fingerprint density at radius 1 is 1.33 bits per heavy atom. The van der Waals surface area contributed by atoms with Crippen LogP contribution < -0.4 is 0 Å². The monoisotopic (exact) mass is 86.1 g/mol. The molecule has 1 fully saturated rings. The molecule has 0 amide bonds. The summed E-state index contributed by atoms with van der Waals surface area (Å²) in [6, 6.07) is 0. The number of ether oxygens (including phenoxy) is 1. The van der Waals surface area contributed by atoms with Gasteiger partial charge in [0.1, 0.15) is 0 Å². The van der Waals surface area contributed by atoms with Crippen LogP contribution in [0.15, 0.2) is 0 Å². The van der Waals surface area contributed by atoms with E-state index in [1.165, 1.54) is 6.42 Å². The molecule has 0 aliphatic carbocycles. The van der Waals surface area contributed by atoms with Crippen LogP contribution in [0, 0.1) is 0 Å². The molecule has 1 aliphatic rings. The summed E-state index contributed by atoms with van der Waals surface area (Å²) in [6.45, 7) is 4.19. The Morgan fingerprint density at radius 3 is 1.67 bits per heavy atom. The lowest BCUT2D eigenvalue weighted by Crippen LogP contribution is -2.31. The molecule has 0 radical (unpaired) electrons. The highest BCUT2D eigenvalue weighted by molar-refractivity contribution is 4.67. The lowest BCUT2D eigenvalue weighted by molar-refractivity contribution is -0.102. The first-order valence-corrected chi connectivity index (χ1v) is 2.44. The standard InChI is InChI=1S/C5H10O/c1-4-3-5(2)6-4/h4-5H,3H2,1-2H3/t4-,5?/m0/s1. The zero-order chi connectivity index (χ0) is 4.57. The maximum absolute atomic E-state index is 5.14. The van der Waals surface area contributed by atoms with E-state index in [1.807, 2.05) is 0 Å². The van der Waals surface area contributed by atoms with Gasteiger partial charge in [0, 0.05) is 0 Å². The molecule has 36 valence electrons. The fourth-order valence-electron chi connectivity index (χ4n) is 0.853. The van der Waals surface area contributed by atoms with Crippen LogP contribution in [0.5, 0.6) is 0 Å². The minimum absolute atomic E-state index is 0.542. The van der Waals surface area contributed by atoms with E-state index in [0.717, 1.165) is 0 Å². The van der Waals surface area contributed by atoms with Crippen molar-refractivity contribution in [3.63, 3.8) is 0 Å². The summed E-state index contributed by atoms with van der Waals surface area (Å²) in [7, 11) is 0. The van der Waals surface area contributed by atoms with Crippen LogP contribution in [0.2, 0.25) is 0 Å². The van der Waals surface area contributed by atoms with E-state index in [9.17, 15) is 0 Å². The summed E-state index contributed by atoms with van der Waals surface area (Å²) in [4.78, 5) is 0. The third-order valence-electron chi connectivity index (χ3n) is 1.13. The van der Waals surface area contributed by atoms with Gasteiger partial charge >= 0.3 is 0 Å². The van der Waals surface area contributed by atoms with Crippen LogP contribution >= 0.6 is 0 Å². The van der Waals surface area contributed by atoms with Crippen LogP contribution in [0.1, 0.15) is 20.3 Å². The van der Waals surface area contributed by atoms with Crippen molar-refractivity contribution in [2.75, 3.05) is 0 Å². The van der Waals surface area contributed by atoms with E-state index in [0.29, 0.717) is 12.2 Å². The van der Waals surface area contributed by atoms with Gasteiger partial charge in [0.2, 0.25) is 0 Å². The Morgan fingerprint density at radius 2 is 1.67 bits per heavy atom. The van der Waals surface area contributed by atoms with Crippen molar-refractivity contribution in [3.8, 4) is 0 Å². The van der Waals surface area contributed by atoms with Crippen LogP contribution in [0.4, 0.5) is 0 Å². The fraction of sp³-hybridized carbons (Fsp3) is 1.00. The molecule has 6 heavy (non-hydrogen) atoms. The van der Waals surface area contributed by atoms with Gasteiger partial charge in [0.05, 0.1) is 12.2 Å². The van der Waals surface area contributed by atoms with E-state index < -0.39 is 0 Å². The third-order valence-corrected chi connectivity index (χ3v) is 1.13. The molecule has 1 aliphatic heterocycles. The Balaban J connectivity index is 2.11. The summed E-state index contributed by atoms with van der Waals surface area (Å²) in [5, 5.41) is 0. The number of hydrogen-bond donors (Lipinski definition) is 0. The summed E-state index contributed by atoms with van der Waals surface area (Å²) < 4.78 is 5.14. The first kappa shape index (κ1) is 4.13. The lowest BCUT2D eigenvalue weighted by Gasteiger charge is -2.30. The molecule has 1 saturated heterocycles. The highest BCUT2D eigenvalue weighted by Gasteiger charge is 2.20. The summed E-state index contributed by atoms with van der Waals surface area (Å²) in [6.07, 6.45) is 2.33. The Hall–Kier alpha value is -0.0400. The highest BCUT2D eigenvalue weighted by atomic mass is 16.5. The van der Waals surface area contributed by atoms with Crippen molar-refractivity contribution in [2.24, 2.45) is 0 Å². The van der Waals surface area contributed by atoms with E-state index >= 15 is 0 Å². The van der Waals surface area contributed by atoms with Gasteiger partial charge < -0.3 is 4.74 Å². The molecule has 0 bridgehead atoms. The second-order valence-electron chi connectivity index (χ2n) is 1.99. The minimum Gasteiger partial charge on any atom is -0.375 e. The van der Waals surface area contributed by atoms with E-state index in [2.05, 4.69) is 13.8 Å². The molecule has 0 saturated carbocycles. The predicted octanol–water partition coefficient (Wildman–Crippen LogP) is 1.18. The molecular formula is C5H10O. The molecule has 0 spiro atoms. The van der Waals surface area contributed by atoms with Crippen LogP contribution in [-0.4, -0.2) is 12.2 Å². The lowest BCUT2D eigenvalue weighted by atomic mass is 10.1. The van der Waals surface area contributed by atoms with Crippen molar-refractivity contribution in [2.45, 2.75) is 32.5 Å². The molecule has 0 N–H and O–H groups in total. The molecule has 0 aromatic carbocycles. The Labute approximate surface area is 38.3 Å². The fourth-order valence-corrected chi connectivity index (χ4v) is 0.853. The van der Waals surface area contributed by atoms with Gasteiger partial charge in [-0.15, -0.1) is 0 Å². The molecule has 1 heteroatoms. The van der Waals surface area contributed by atoms with Gasteiger partial charge in [0.15, 0.2) is 0 Å². The molecule has 1 heterocycles. The summed E-state index contributed by atoms with van der Waals surface area (Å²) >= 11 is 0. The van der Waals surface area contributed by atoms with Gasteiger partial charge in [0.25, 0.3) is 0 Å². The van der Waals surface area contributed by atoms with Crippen molar-refractivity contribution < 1.29 is 4.74 Å². The maximum Gasteiger partial charge on any atom is 0.0575 e. The topological polar surface area (TPSA) is 9.23 Å². The number of rotatable bonds is 0. The quantitative estimate of drug-likeness (QED) is 0.430. The van der Waals surface area contributed by atoms with Crippen LogP contribution in [-0.2, 0) is 4.74 Å². The van der Waals surface area contributed by atoms with E-state index in [1.54, 1.807) is 0 Å². The van der Waals surface area contributed by atoms with Gasteiger partial charge in [-0.2, -0.15) is 0 Å². The zero-order valence-electron chi connectivity index (χ0n) is 4.27. The SMILES string of the molecule is CC1C[C@H](C)O1. The maximum atomic E-state index is 5.14. The van der Waals surface area contributed by atoms with Crippen LogP contribution in [0.25, 0.3) is 0 Å². The van der Waals surface area contributed by atoms with Gasteiger partial charge in [-0.3, -0.25) is 0 Å². The molecule has 0 aromatic heterocycles. The Bertz CT molecular complexity index is 39.9. The minimum atomic E-state index is 0.542. The molecule has 1 rings (SSSR count). The number of hydrogen-bond acceptors (Lipinski definition) is 1. The van der Waals surface area contributed by atoms with E-state index in [4.69, 9.17) is 4.74 Å². The van der Waals surface area contributed by atoms with Crippen molar-refractivity contribution in [1.82, 2.24) is 0 Å². The van der Waals surface area contributed by atoms with Gasteiger partial charge in [-0.1, -0.05) is 0 Å². The smallest absolute Gasteiger partial charge is 0.0575 e. The molecular weight excluding hydrogens is 76.1 g/mol. The van der Waals surface area contributed by atoms with Crippen molar-refractivity contribution >= 4 is 0 Å². The first-order valence-electron chi connectivity index (χ1n) is 2.44. The third kappa shape index (κ3) is 0.548. The molecule has 1 nitrogen and oxygen atoms in total. The predicted molar refractivity (Wildman–Crippen MR) is 24.6 cm³/mol. The second kappa shape index (κ2) is 1.23. The normalized spacial score (nSPS) is 45.0. The van der Waals surface area contributed by atoms with Crippen LogP contribution in [0.3, 0.4) is 0 Å². The Kier molecular flexibility index (Phi) is 0.845. The second-order valence-corrected chi connectivity index (χ2v) is 1.99. The first-order chi connectivity index (χ1) is 2.79. The van der Waals surface area contributed by atoms with Gasteiger partial charge in [-0.05, 0) is 20.3 Å². The molecule has 0 aromatic rings. The van der Waals surface area contributed by atoms with Crippen molar-refractivity contribution in [3.05, 3.63) is 0 Å². The van der Waals surface area contributed by atoms with Crippen molar-refractivity contribution in [1.29, 1.82) is 0 Å². The average Bonchev–Trinajstić information content (AvgIpc) is 1.33. The average molecular weight is 86.1 g/mol. The highest BCUT2D eigenvalue weighted by Crippen LogP contribution is 2.17. The summed E-state index contributed by atoms with van der Waals surface area (Å²) in [5.41, 5.74) is 0. The largest absolute Gasteiger partial charge is 0.375 e. The summed E-state index contributed by atoms with van der Waals surface area (Å²) in [5.74, 6) is 0. The van der Waals surface area contributed by atoms with Gasteiger partial charge in [-0.25, -0.2) is 0 Å². The zero-order valence-corrected chi connectivity index (χ0v) is 4.27. The molecule has 2 atom stereocenters. The molecule has 1 unspecified atom stereocenters.